The smallest absolute Gasteiger partial charge is 0.0456 e. The summed E-state index contributed by atoms with van der Waals surface area (Å²) in [5.74, 6) is 0. The Balaban J connectivity index is 3.23. The van der Waals surface area contributed by atoms with E-state index in [0.29, 0.717) is 10.6 Å². The average molecular weight is 142 g/mol. The van der Waals surface area contributed by atoms with Gasteiger partial charge in [-0.15, -0.1) is 0 Å². The molecular formula is C8H12N2. The van der Waals surface area contributed by atoms with Crippen molar-refractivity contribution in [2.45, 2.75) is 0 Å². The molecule has 0 aliphatic carbocycles. The van der Waals surface area contributed by atoms with E-state index >= 15 is 0 Å². The fourth-order valence-electron chi connectivity index (χ4n) is 0.664. The first-order chi connectivity index (χ1) is 7.12. The third-order valence-corrected chi connectivity index (χ3v) is 1.13. The number of nitrogen functional groups attached to an aromatic ring is 1. The number of benzene rings is 1. The minimum Gasteiger partial charge on any atom is -0.399 e. The summed E-state index contributed by atoms with van der Waals surface area (Å²) in [6.45, 7) is -5.47. The van der Waals surface area contributed by atoms with E-state index < -0.39 is 14.0 Å². The Morgan fingerprint density at radius 2 is 2.30 bits per heavy atom. The van der Waals surface area contributed by atoms with E-state index in [1.807, 2.05) is 0 Å². The van der Waals surface area contributed by atoms with Gasteiger partial charge < -0.3 is 10.6 Å². The zero-order chi connectivity index (χ0) is 12.6. The van der Waals surface area contributed by atoms with Crippen LogP contribution in [0.4, 0.5) is 11.4 Å². The molecule has 1 aromatic carbocycles. The van der Waals surface area contributed by atoms with E-state index in [4.69, 9.17) is 14.0 Å². The Morgan fingerprint density at radius 3 is 2.90 bits per heavy atom. The van der Waals surface area contributed by atoms with Gasteiger partial charge in [0, 0.05) is 33.6 Å². The van der Waals surface area contributed by atoms with Crippen LogP contribution in [-0.2, 0) is 0 Å². The first-order valence-electron chi connectivity index (χ1n) is 5.78. The van der Waals surface area contributed by atoms with Gasteiger partial charge in [-0.25, -0.2) is 0 Å². The minimum absolute atomic E-state index is 0.0556. The van der Waals surface area contributed by atoms with Gasteiger partial charge in [-0.05, 0) is 18.2 Å². The van der Waals surface area contributed by atoms with Gasteiger partial charge in [0.2, 0.25) is 0 Å². The SMILES string of the molecule is [2H]C([2H])([2H])N(c1cccc(N)c1)C([2H])([2H])[2H]. The standard InChI is InChI=1S/C8H12N2/c1-10(2)8-5-3-4-7(9)6-8/h3-6H,9H2,1-2H3/i1D3,2D3. The van der Waals surface area contributed by atoms with Crippen LogP contribution in [0.15, 0.2) is 24.3 Å². The molecule has 0 aliphatic heterocycles. The maximum atomic E-state index is 7.21. The minimum atomic E-state index is -2.74. The average Bonchev–Trinajstić information content (AvgIpc) is 1.97. The van der Waals surface area contributed by atoms with Gasteiger partial charge in [-0.2, -0.15) is 0 Å². The second-order valence-corrected chi connectivity index (χ2v) is 1.93. The van der Waals surface area contributed by atoms with Crippen LogP contribution in [0.1, 0.15) is 8.22 Å². The van der Waals surface area contributed by atoms with Gasteiger partial charge in [0.1, 0.15) is 0 Å². The van der Waals surface area contributed by atoms with Crippen molar-refractivity contribution in [2.75, 3.05) is 24.6 Å². The summed E-state index contributed by atoms with van der Waals surface area (Å²) in [5, 5.41) is 0. The van der Waals surface area contributed by atoms with Crippen molar-refractivity contribution in [1.82, 2.24) is 0 Å². The van der Waals surface area contributed by atoms with E-state index in [1.54, 1.807) is 6.07 Å². The van der Waals surface area contributed by atoms with Gasteiger partial charge in [-0.1, -0.05) is 6.07 Å². The molecule has 54 valence electrons. The second kappa shape index (κ2) is 2.60. The van der Waals surface area contributed by atoms with Crippen molar-refractivity contribution in [1.29, 1.82) is 0 Å². The van der Waals surface area contributed by atoms with Gasteiger partial charge in [0.05, 0.1) is 0 Å². The summed E-state index contributed by atoms with van der Waals surface area (Å²) in [4.78, 5) is 0.399. The lowest BCUT2D eigenvalue weighted by Crippen LogP contribution is -2.08. The molecule has 2 nitrogen and oxygen atoms in total. The number of hydrogen-bond acceptors (Lipinski definition) is 2. The van der Waals surface area contributed by atoms with Crippen LogP contribution in [-0.4, -0.2) is 14.0 Å². The first kappa shape index (κ1) is 2.46. The maximum absolute atomic E-state index is 7.21. The van der Waals surface area contributed by atoms with Crippen LogP contribution in [0.5, 0.6) is 0 Å². The van der Waals surface area contributed by atoms with Crippen LogP contribution < -0.4 is 10.6 Å². The highest BCUT2D eigenvalue weighted by Crippen LogP contribution is 2.13. The lowest BCUT2D eigenvalue weighted by molar-refractivity contribution is 1.13. The van der Waals surface area contributed by atoms with Crippen molar-refractivity contribution in [2.24, 2.45) is 0 Å². The van der Waals surface area contributed by atoms with Crippen LogP contribution >= 0.6 is 0 Å². The molecule has 1 aromatic rings. The lowest BCUT2D eigenvalue weighted by atomic mass is 10.3. The van der Waals surface area contributed by atoms with E-state index in [-0.39, 0.29) is 5.69 Å². The molecule has 2 heteroatoms. The molecule has 0 spiro atoms. The summed E-state index contributed by atoms with van der Waals surface area (Å²) >= 11 is 0. The fourth-order valence-corrected chi connectivity index (χ4v) is 0.664. The second-order valence-electron chi connectivity index (χ2n) is 1.93. The molecule has 0 fully saturated rings. The molecule has 0 radical (unpaired) electrons. The number of nitrogens with two attached hydrogens (primary N) is 1. The summed E-state index contributed by atoms with van der Waals surface area (Å²) < 4.78 is 43.3. The molecule has 0 saturated carbocycles. The maximum Gasteiger partial charge on any atom is 0.0456 e. The quantitative estimate of drug-likeness (QED) is 0.599. The molecule has 1 rings (SSSR count). The van der Waals surface area contributed by atoms with Crippen molar-refractivity contribution in [3.8, 4) is 0 Å². The Kier molecular flexibility index (Phi) is 0.639. The molecule has 0 aliphatic rings. The van der Waals surface area contributed by atoms with E-state index in [0.717, 1.165) is 0 Å². The third-order valence-electron chi connectivity index (χ3n) is 1.13. The van der Waals surface area contributed by atoms with Crippen LogP contribution in [0.2, 0.25) is 0 Å². The number of hydrogen-bond donors (Lipinski definition) is 1. The van der Waals surface area contributed by atoms with E-state index in [1.165, 1.54) is 18.2 Å². The molecule has 0 unspecified atom stereocenters. The summed E-state index contributed by atoms with van der Waals surface area (Å²) in [6, 6.07) is 5.78. The number of anilines is 2. The molecule has 0 amide bonds. The molecule has 0 atom stereocenters. The van der Waals surface area contributed by atoms with Crippen molar-refractivity contribution in [3.05, 3.63) is 24.3 Å². The topological polar surface area (TPSA) is 29.3 Å². The lowest BCUT2D eigenvalue weighted by Gasteiger charge is -2.11. The highest BCUT2D eigenvalue weighted by Gasteiger charge is 1.92. The highest BCUT2D eigenvalue weighted by atomic mass is 15.1. The molecule has 2 N–H and O–H groups in total. The number of nitrogens with zero attached hydrogens (tertiary/aromatic N) is 1. The number of rotatable bonds is 1. The molecular weight excluding hydrogens is 124 g/mol. The predicted molar refractivity (Wildman–Crippen MR) is 45.2 cm³/mol. The Bertz CT molecular complexity index is 356. The summed E-state index contributed by atoms with van der Waals surface area (Å²) in [7, 11) is 0. The largest absolute Gasteiger partial charge is 0.399 e. The van der Waals surface area contributed by atoms with Crippen LogP contribution in [0.25, 0.3) is 0 Å². The predicted octanol–water partition coefficient (Wildman–Crippen LogP) is 1.33. The summed E-state index contributed by atoms with van der Waals surface area (Å²) in [5.41, 5.74) is 5.86. The van der Waals surface area contributed by atoms with Crippen LogP contribution in [0.3, 0.4) is 0 Å². The van der Waals surface area contributed by atoms with Gasteiger partial charge in [0.15, 0.2) is 0 Å². The molecule has 10 heavy (non-hydrogen) atoms. The van der Waals surface area contributed by atoms with Gasteiger partial charge in [0.25, 0.3) is 0 Å². The molecule has 0 saturated heterocycles. The van der Waals surface area contributed by atoms with Crippen molar-refractivity contribution in [3.63, 3.8) is 0 Å². The normalized spacial score (nSPS) is 20.8. The zero-order valence-electron chi connectivity index (χ0n) is 11.3. The third kappa shape index (κ3) is 1.41. The zero-order valence-corrected chi connectivity index (χ0v) is 5.33. The van der Waals surface area contributed by atoms with Gasteiger partial charge in [-0.3, -0.25) is 0 Å². The fraction of sp³-hybridized carbons (Fsp3) is 0.250. The van der Waals surface area contributed by atoms with Crippen LogP contribution in [0, 0.1) is 0 Å². The van der Waals surface area contributed by atoms with Crippen molar-refractivity contribution < 1.29 is 8.22 Å². The highest BCUT2D eigenvalue weighted by molar-refractivity contribution is 5.54. The Morgan fingerprint density at radius 1 is 1.50 bits per heavy atom. The van der Waals surface area contributed by atoms with E-state index in [2.05, 4.69) is 0 Å². The molecule has 0 bridgehead atoms. The van der Waals surface area contributed by atoms with Gasteiger partial charge >= 0.3 is 0 Å². The summed E-state index contributed by atoms with van der Waals surface area (Å²) in [6.07, 6.45) is 0. The molecule has 0 heterocycles. The monoisotopic (exact) mass is 142 g/mol. The van der Waals surface area contributed by atoms with E-state index in [9.17, 15) is 0 Å². The Hall–Kier alpha value is -1.18. The first-order valence-corrected chi connectivity index (χ1v) is 2.78. The molecule has 0 aromatic heterocycles. The Labute approximate surface area is 69.7 Å². The van der Waals surface area contributed by atoms with Crippen molar-refractivity contribution >= 4 is 11.4 Å².